The largest absolute Gasteiger partial charge is 0.394 e. The van der Waals surface area contributed by atoms with Crippen molar-refractivity contribution < 1.29 is 13.5 Å². The van der Waals surface area contributed by atoms with Crippen LogP contribution in [0.25, 0.3) is 0 Å². The molecule has 0 aliphatic rings. The highest BCUT2D eigenvalue weighted by Gasteiger charge is 2.20. The average Bonchev–Trinajstić information content (AvgIpc) is 2.99. The van der Waals surface area contributed by atoms with Crippen LogP contribution in [0.5, 0.6) is 0 Å². The minimum absolute atomic E-state index is 0.0834. The molecule has 2 rings (SSSR count). The lowest BCUT2D eigenvalue weighted by Gasteiger charge is -2.11. The summed E-state index contributed by atoms with van der Waals surface area (Å²) in [4.78, 5) is 0.100. The smallest absolute Gasteiger partial charge is 0.244 e. The summed E-state index contributed by atoms with van der Waals surface area (Å²) in [6, 6.07) is 1.59. The third kappa shape index (κ3) is 3.41. The summed E-state index contributed by atoms with van der Waals surface area (Å²) in [5.41, 5.74) is 0.927. The minimum atomic E-state index is -3.59. The molecule has 19 heavy (non-hydrogen) atoms. The highest BCUT2D eigenvalue weighted by atomic mass is 32.2. The van der Waals surface area contributed by atoms with Gasteiger partial charge in [-0.15, -0.1) is 0 Å². The minimum Gasteiger partial charge on any atom is -0.394 e. The Morgan fingerprint density at radius 1 is 1.58 bits per heavy atom. The second kappa shape index (κ2) is 5.83. The van der Waals surface area contributed by atoms with Gasteiger partial charge in [-0.2, -0.15) is 16.4 Å². The van der Waals surface area contributed by atoms with E-state index in [9.17, 15) is 8.42 Å². The van der Waals surface area contributed by atoms with Gasteiger partial charge in [0.2, 0.25) is 10.0 Å². The topological polar surface area (TPSA) is 84.2 Å². The molecule has 8 heteroatoms. The van der Waals surface area contributed by atoms with Gasteiger partial charge < -0.3 is 5.11 Å². The van der Waals surface area contributed by atoms with Gasteiger partial charge >= 0.3 is 0 Å². The third-order valence-electron chi connectivity index (χ3n) is 2.62. The Bertz CT molecular complexity index is 619. The predicted molar refractivity (Wildman–Crippen MR) is 72.4 cm³/mol. The summed E-state index contributed by atoms with van der Waals surface area (Å²) in [5, 5.41) is 16.5. The van der Waals surface area contributed by atoms with Crippen molar-refractivity contribution in [2.75, 3.05) is 6.61 Å². The SMILES string of the molecule is CC(NS(=O)(=O)c1cnn(CCO)c1)c1ccsc1. The van der Waals surface area contributed by atoms with Gasteiger partial charge in [-0.25, -0.2) is 13.1 Å². The number of nitrogens with zero attached hydrogens (tertiary/aromatic N) is 2. The van der Waals surface area contributed by atoms with Crippen LogP contribution in [0, 0.1) is 0 Å². The molecule has 2 heterocycles. The molecule has 0 spiro atoms. The fourth-order valence-electron chi connectivity index (χ4n) is 1.60. The Balaban J connectivity index is 2.13. The molecule has 0 saturated carbocycles. The van der Waals surface area contributed by atoms with Crippen LogP contribution in [0.4, 0.5) is 0 Å². The molecule has 0 fully saturated rings. The van der Waals surface area contributed by atoms with Crippen LogP contribution < -0.4 is 4.72 Å². The van der Waals surface area contributed by atoms with Crippen molar-refractivity contribution in [1.82, 2.24) is 14.5 Å². The van der Waals surface area contributed by atoms with E-state index in [-0.39, 0.29) is 24.1 Å². The predicted octanol–water partition coefficient (Wildman–Crippen LogP) is 0.976. The number of rotatable bonds is 6. The molecule has 2 aromatic heterocycles. The van der Waals surface area contributed by atoms with Gasteiger partial charge in [-0.3, -0.25) is 4.68 Å². The number of hydrogen-bond donors (Lipinski definition) is 2. The van der Waals surface area contributed by atoms with Crippen molar-refractivity contribution in [3.8, 4) is 0 Å². The zero-order chi connectivity index (χ0) is 13.9. The standard InChI is InChI=1S/C11H15N3O3S2/c1-9(10-2-5-18-8-10)13-19(16,17)11-6-12-14(7-11)3-4-15/h2,5-9,13,15H,3-4H2,1H3. The van der Waals surface area contributed by atoms with Crippen molar-refractivity contribution in [1.29, 1.82) is 0 Å². The highest BCUT2D eigenvalue weighted by Crippen LogP contribution is 2.18. The zero-order valence-corrected chi connectivity index (χ0v) is 12.0. The van der Waals surface area contributed by atoms with Crippen LogP contribution in [0.3, 0.4) is 0 Å². The molecular weight excluding hydrogens is 286 g/mol. The lowest BCUT2D eigenvalue weighted by molar-refractivity contribution is 0.269. The van der Waals surface area contributed by atoms with Crippen LogP contribution >= 0.6 is 11.3 Å². The van der Waals surface area contributed by atoms with Gasteiger partial charge in [0.25, 0.3) is 0 Å². The molecule has 2 N–H and O–H groups in total. The Morgan fingerprint density at radius 2 is 2.37 bits per heavy atom. The first kappa shape index (κ1) is 14.2. The number of nitrogens with one attached hydrogen (secondary N) is 1. The fourth-order valence-corrected chi connectivity index (χ4v) is 3.54. The van der Waals surface area contributed by atoms with E-state index in [1.165, 1.54) is 28.4 Å². The van der Waals surface area contributed by atoms with E-state index >= 15 is 0 Å². The Hall–Kier alpha value is -1.22. The number of sulfonamides is 1. The van der Waals surface area contributed by atoms with Crippen molar-refractivity contribution in [3.05, 3.63) is 34.8 Å². The summed E-state index contributed by atoms with van der Waals surface area (Å²) < 4.78 is 28.2. The van der Waals surface area contributed by atoms with E-state index in [4.69, 9.17) is 5.11 Å². The van der Waals surface area contributed by atoms with Crippen molar-refractivity contribution >= 4 is 21.4 Å². The van der Waals surface area contributed by atoms with E-state index in [1.807, 2.05) is 16.8 Å². The van der Waals surface area contributed by atoms with E-state index in [1.54, 1.807) is 6.92 Å². The zero-order valence-electron chi connectivity index (χ0n) is 10.4. The molecule has 6 nitrogen and oxygen atoms in total. The molecule has 1 atom stereocenters. The Kier molecular flexibility index (Phi) is 4.35. The molecule has 0 aliphatic heterocycles. The van der Waals surface area contributed by atoms with Crippen molar-refractivity contribution in [3.63, 3.8) is 0 Å². The van der Waals surface area contributed by atoms with E-state index in [0.29, 0.717) is 0 Å². The average molecular weight is 301 g/mol. The molecule has 0 aromatic carbocycles. The monoisotopic (exact) mass is 301 g/mol. The summed E-state index contributed by atoms with van der Waals surface area (Å²) in [5.74, 6) is 0. The molecule has 0 bridgehead atoms. The maximum absolute atomic E-state index is 12.1. The molecule has 0 amide bonds. The highest BCUT2D eigenvalue weighted by molar-refractivity contribution is 7.89. The Labute approximate surface area is 115 Å². The first-order chi connectivity index (χ1) is 9.03. The maximum atomic E-state index is 12.1. The summed E-state index contributed by atoms with van der Waals surface area (Å²) in [7, 11) is -3.59. The molecule has 0 radical (unpaired) electrons. The number of hydrogen-bond acceptors (Lipinski definition) is 5. The van der Waals surface area contributed by atoms with Crippen LogP contribution in [0.1, 0.15) is 18.5 Å². The van der Waals surface area contributed by atoms with Crippen LogP contribution in [0.15, 0.2) is 34.1 Å². The summed E-state index contributed by atoms with van der Waals surface area (Å²) >= 11 is 1.52. The quantitative estimate of drug-likeness (QED) is 0.833. The first-order valence-electron chi connectivity index (χ1n) is 5.70. The molecular formula is C11H15N3O3S2. The number of aromatic nitrogens is 2. The second-order valence-electron chi connectivity index (χ2n) is 4.06. The lowest BCUT2D eigenvalue weighted by Crippen LogP contribution is -2.26. The fraction of sp³-hybridized carbons (Fsp3) is 0.364. The Morgan fingerprint density at radius 3 is 3.00 bits per heavy atom. The third-order valence-corrected chi connectivity index (χ3v) is 4.82. The first-order valence-corrected chi connectivity index (χ1v) is 8.13. The molecule has 0 saturated heterocycles. The van der Waals surface area contributed by atoms with E-state index in [0.717, 1.165) is 5.56 Å². The van der Waals surface area contributed by atoms with Gasteiger partial charge in [-0.05, 0) is 29.3 Å². The van der Waals surface area contributed by atoms with Gasteiger partial charge in [0.05, 0.1) is 19.3 Å². The van der Waals surface area contributed by atoms with Crippen LogP contribution in [-0.2, 0) is 16.6 Å². The van der Waals surface area contributed by atoms with Gasteiger partial charge in [-0.1, -0.05) is 0 Å². The van der Waals surface area contributed by atoms with Gasteiger partial charge in [0.1, 0.15) is 4.90 Å². The normalized spacial score (nSPS) is 13.6. The van der Waals surface area contributed by atoms with Gasteiger partial charge in [0.15, 0.2) is 0 Å². The van der Waals surface area contributed by atoms with Gasteiger partial charge in [0, 0.05) is 12.2 Å². The summed E-state index contributed by atoms with van der Waals surface area (Å²) in [6.07, 6.45) is 2.68. The summed E-state index contributed by atoms with van der Waals surface area (Å²) in [6.45, 7) is 1.98. The van der Waals surface area contributed by atoms with Crippen LogP contribution in [-0.4, -0.2) is 29.9 Å². The van der Waals surface area contributed by atoms with E-state index < -0.39 is 10.0 Å². The van der Waals surface area contributed by atoms with Crippen molar-refractivity contribution in [2.45, 2.75) is 24.4 Å². The maximum Gasteiger partial charge on any atom is 0.244 e. The number of aliphatic hydroxyl groups is 1. The number of thiophene rings is 1. The molecule has 0 aliphatic carbocycles. The van der Waals surface area contributed by atoms with Crippen molar-refractivity contribution in [2.24, 2.45) is 0 Å². The molecule has 104 valence electrons. The number of aliphatic hydroxyl groups excluding tert-OH is 1. The molecule has 1 unspecified atom stereocenters. The lowest BCUT2D eigenvalue weighted by atomic mass is 10.2. The van der Waals surface area contributed by atoms with E-state index in [2.05, 4.69) is 9.82 Å². The molecule has 2 aromatic rings. The van der Waals surface area contributed by atoms with Crippen LogP contribution in [0.2, 0.25) is 0 Å². The second-order valence-corrected chi connectivity index (χ2v) is 6.56.